The van der Waals surface area contributed by atoms with Crippen molar-refractivity contribution >= 4 is 17.2 Å². The number of nitriles is 1. The van der Waals surface area contributed by atoms with Gasteiger partial charge in [-0.1, -0.05) is 49.4 Å². The van der Waals surface area contributed by atoms with Crippen LogP contribution in [0.15, 0.2) is 66.0 Å². The van der Waals surface area contributed by atoms with E-state index in [-0.39, 0.29) is 18.6 Å². The van der Waals surface area contributed by atoms with Gasteiger partial charge in [-0.2, -0.15) is 5.26 Å². The summed E-state index contributed by atoms with van der Waals surface area (Å²) in [7, 11) is 0. The Morgan fingerprint density at radius 2 is 1.93 bits per heavy atom. The quantitative estimate of drug-likeness (QED) is 0.662. The van der Waals surface area contributed by atoms with Crippen LogP contribution in [-0.4, -0.2) is 12.5 Å². The minimum Gasteiger partial charge on any atom is -0.482 e. The van der Waals surface area contributed by atoms with E-state index in [1.165, 1.54) is 5.56 Å². The van der Waals surface area contributed by atoms with Crippen molar-refractivity contribution in [1.82, 2.24) is 5.32 Å². The minimum atomic E-state index is -0.235. The van der Waals surface area contributed by atoms with E-state index in [9.17, 15) is 4.79 Å². The van der Waals surface area contributed by atoms with Crippen LogP contribution in [-0.2, 0) is 11.2 Å². The largest absolute Gasteiger partial charge is 0.482 e. The smallest absolute Gasteiger partial charge is 0.258 e. The molecule has 1 N–H and O–H groups in total. The molecule has 0 spiro atoms. The van der Waals surface area contributed by atoms with E-state index in [1.807, 2.05) is 17.5 Å². The number of carbonyl (C=O) groups excluding carboxylic acids is 1. The van der Waals surface area contributed by atoms with Crippen LogP contribution in [0, 0.1) is 11.3 Å². The van der Waals surface area contributed by atoms with Crippen LogP contribution in [0.4, 0.5) is 0 Å². The van der Waals surface area contributed by atoms with E-state index in [2.05, 4.69) is 42.6 Å². The number of hydrogen-bond acceptors (Lipinski definition) is 4. The first-order valence-corrected chi connectivity index (χ1v) is 9.62. The van der Waals surface area contributed by atoms with Crippen LogP contribution >= 0.6 is 11.3 Å². The Labute approximate surface area is 163 Å². The average molecular weight is 376 g/mol. The van der Waals surface area contributed by atoms with Crippen molar-refractivity contribution in [2.75, 3.05) is 6.61 Å². The van der Waals surface area contributed by atoms with Gasteiger partial charge in [0.2, 0.25) is 0 Å². The molecule has 0 aliphatic rings. The second-order valence-electron chi connectivity index (χ2n) is 6.01. The lowest BCUT2D eigenvalue weighted by Gasteiger charge is -2.19. The minimum absolute atomic E-state index is 0.145. The first-order chi connectivity index (χ1) is 13.2. The topological polar surface area (TPSA) is 62.1 Å². The molecule has 1 aromatic heterocycles. The van der Waals surface area contributed by atoms with E-state index >= 15 is 0 Å². The predicted octanol–water partition coefficient (Wildman–Crippen LogP) is 4.47. The maximum Gasteiger partial charge on any atom is 0.258 e. The Balaban J connectivity index is 1.72. The maximum absolute atomic E-state index is 12.5. The number of para-hydroxylation sites is 1. The molecule has 136 valence electrons. The number of nitrogens with one attached hydrogen (secondary N) is 1. The van der Waals surface area contributed by atoms with Crippen molar-refractivity contribution in [1.29, 1.82) is 5.26 Å². The predicted molar refractivity (Wildman–Crippen MR) is 107 cm³/mol. The van der Waals surface area contributed by atoms with Gasteiger partial charge in [-0.15, -0.1) is 11.3 Å². The Hall–Kier alpha value is -3.10. The molecule has 0 aliphatic carbocycles. The number of hydrogen-bond donors (Lipinski definition) is 1. The zero-order chi connectivity index (χ0) is 19.1. The summed E-state index contributed by atoms with van der Waals surface area (Å²) in [6, 6.07) is 21.0. The van der Waals surface area contributed by atoms with Gasteiger partial charge in [-0.05, 0) is 41.1 Å². The van der Waals surface area contributed by atoms with Crippen molar-refractivity contribution in [3.05, 3.63) is 87.6 Å². The monoisotopic (exact) mass is 376 g/mol. The van der Waals surface area contributed by atoms with Gasteiger partial charge in [0.25, 0.3) is 5.91 Å². The van der Waals surface area contributed by atoms with E-state index in [0.29, 0.717) is 11.3 Å². The van der Waals surface area contributed by atoms with Crippen LogP contribution in [0.2, 0.25) is 0 Å². The highest BCUT2D eigenvalue weighted by atomic mass is 32.1. The molecule has 3 aromatic rings. The summed E-state index contributed by atoms with van der Waals surface area (Å²) in [5.41, 5.74) is 2.70. The molecule has 1 atom stereocenters. The summed E-state index contributed by atoms with van der Waals surface area (Å²) >= 11 is 1.60. The van der Waals surface area contributed by atoms with E-state index in [4.69, 9.17) is 10.00 Å². The van der Waals surface area contributed by atoms with E-state index in [1.54, 1.807) is 35.6 Å². The molecule has 0 radical (unpaired) electrons. The summed E-state index contributed by atoms with van der Waals surface area (Å²) in [4.78, 5) is 13.6. The SMILES string of the molecule is CCc1ccc([C@@H](NC(=O)COc2ccccc2C#N)c2cccs2)cc1. The fraction of sp³-hybridized carbons (Fsp3) is 0.182. The summed E-state index contributed by atoms with van der Waals surface area (Å²) in [5.74, 6) is 0.177. The summed E-state index contributed by atoms with van der Waals surface area (Å²) < 4.78 is 5.55. The molecule has 0 fully saturated rings. The van der Waals surface area contributed by atoms with Gasteiger partial charge >= 0.3 is 0 Å². The van der Waals surface area contributed by atoms with Gasteiger partial charge in [0.1, 0.15) is 11.8 Å². The van der Waals surface area contributed by atoms with Gasteiger partial charge in [0, 0.05) is 4.88 Å². The van der Waals surface area contributed by atoms with Crippen LogP contribution in [0.5, 0.6) is 5.75 Å². The lowest BCUT2D eigenvalue weighted by Crippen LogP contribution is -2.33. The molecule has 0 unspecified atom stereocenters. The normalized spacial score (nSPS) is 11.4. The van der Waals surface area contributed by atoms with Gasteiger partial charge < -0.3 is 10.1 Å². The third-order valence-corrected chi connectivity index (χ3v) is 5.16. The Bertz CT molecular complexity index is 928. The van der Waals surface area contributed by atoms with Gasteiger partial charge in [-0.3, -0.25) is 4.79 Å². The van der Waals surface area contributed by atoms with Crippen LogP contribution < -0.4 is 10.1 Å². The highest BCUT2D eigenvalue weighted by molar-refractivity contribution is 7.10. The molecule has 0 bridgehead atoms. The molecule has 0 aliphatic heterocycles. The maximum atomic E-state index is 12.5. The Kier molecular flexibility index (Phi) is 6.24. The number of rotatable bonds is 7. The zero-order valence-electron chi connectivity index (χ0n) is 15.0. The summed E-state index contributed by atoms with van der Waals surface area (Å²) in [5, 5.41) is 14.2. The number of carbonyl (C=O) groups is 1. The first kappa shape index (κ1) is 18.7. The molecule has 27 heavy (non-hydrogen) atoms. The number of benzene rings is 2. The fourth-order valence-electron chi connectivity index (χ4n) is 2.75. The lowest BCUT2D eigenvalue weighted by atomic mass is 10.0. The van der Waals surface area contributed by atoms with Crippen LogP contribution in [0.3, 0.4) is 0 Å². The van der Waals surface area contributed by atoms with Crippen LogP contribution in [0.25, 0.3) is 0 Å². The summed E-state index contributed by atoms with van der Waals surface area (Å²) in [6.45, 7) is 1.97. The summed E-state index contributed by atoms with van der Waals surface area (Å²) in [6.07, 6.45) is 0.975. The fourth-order valence-corrected chi connectivity index (χ4v) is 3.55. The second kappa shape index (κ2) is 9.02. The number of nitrogens with zero attached hydrogens (tertiary/aromatic N) is 1. The molecular weight excluding hydrogens is 356 g/mol. The lowest BCUT2D eigenvalue weighted by molar-refractivity contribution is -0.123. The molecule has 0 saturated heterocycles. The molecule has 3 rings (SSSR count). The third-order valence-electron chi connectivity index (χ3n) is 4.22. The van der Waals surface area contributed by atoms with Gasteiger partial charge in [0.05, 0.1) is 11.6 Å². The number of amides is 1. The molecule has 2 aromatic carbocycles. The van der Waals surface area contributed by atoms with E-state index < -0.39 is 0 Å². The van der Waals surface area contributed by atoms with Crippen molar-refractivity contribution in [3.63, 3.8) is 0 Å². The van der Waals surface area contributed by atoms with E-state index in [0.717, 1.165) is 16.9 Å². The third kappa shape index (κ3) is 4.75. The zero-order valence-corrected chi connectivity index (χ0v) is 15.8. The van der Waals surface area contributed by atoms with Crippen molar-refractivity contribution in [3.8, 4) is 11.8 Å². The van der Waals surface area contributed by atoms with Crippen LogP contribution in [0.1, 0.15) is 34.5 Å². The highest BCUT2D eigenvalue weighted by Crippen LogP contribution is 2.26. The molecular formula is C22H20N2O2S. The number of ether oxygens (including phenoxy) is 1. The standard InChI is InChI=1S/C22H20N2O2S/c1-2-16-9-11-17(12-10-16)22(20-8-5-13-27-20)24-21(25)15-26-19-7-4-3-6-18(19)14-23/h3-13,22H,2,15H2,1H3,(H,24,25)/t22-/m1/s1. The van der Waals surface area contributed by atoms with Crippen molar-refractivity contribution < 1.29 is 9.53 Å². The molecule has 1 amide bonds. The van der Waals surface area contributed by atoms with Crippen molar-refractivity contribution in [2.24, 2.45) is 0 Å². The number of thiophene rings is 1. The molecule has 5 heteroatoms. The van der Waals surface area contributed by atoms with Gasteiger partial charge in [0.15, 0.2) is 6.61 Å². The average Bonchev–Trinajstić information content (AvgIpc) is 3.25. The Morgan fingerprint density at radius 3 is 2.59 bits per heavy atom. The first-order valence-electron chi connectivity index (χ1n) is 8.74. The molecule has 4 nitrogen and oxygen atoms in total. The number of aryl methyl sites for hydroxylation is 1. The van der Waals surface area contributed by atoms with Crippen molar-refractivity contribution in [2.45, 2.75) is 19.4 Å². The molecule has 0 saturated carbocycles. The van der Waals surface area contributed by atoms with Gasteiger partial charge in [-0.25, -0.2) is 0 Å². The second-order valence-corrected chi connectivity index (χ2v) is 6.99. The Morgan fingerprint density at radius 1 is 1.15 bits per heavy atom. The molecule has 1 heterocycles. The highest BCUT2D eigenvalue weighted by Gasteiger charge is 2.18.